The molecule has 0 bridgehead atoms. The van der Waals surface area contributed by atoms with Gasteiger partial charge in [-0.15, -0.1) is 23.1 Å². The first-order chi connectivity index (χ1) is 13.0. The molecule has 2 N–H and O–H groups in total. The maximum absolute atomic E-state index is 12.1. The second-order valence-corrected chi connectivity index (χ2v) is 8.24. The van der Waals surface area contributed by atoms with Gasteiger partial charge in [-0.1, -0.05) is 35.3 Å². The Labute approximate surface area is 174 Å². The molecule has 0 aliphatic rings. The van der Waals surface area contributed by atoms with Crippen LogP contribution in [0.5, 0.6) is 0 Å². The summed E-state index contributed by atoms with van der Waals surface area (Å²) in [5.74, 6) is -0.0846. The predicted molar refractivity (Wildman–Crippen MR) is 115 cm³/mol. The summed E-state index contributed by atoms with van der Waals surface area (Å²) in [6, 6.07) is 15.9. The van der Waals surface area contributed by atoms with Gasteiger partial charge in [-0.05, 0) is 47.8 Å². The lowest BCUT2D eigenvalue weighted by molar-refractivity contribution is -0.113. The molecule has 2 amide bonds. The van der Waals surface area contributed by atoms with Crippen LogP contribution in [-0.4, -0.2) is 17.6 Å². The maximum Gasteiger partial charge on any atom is 0.265 e. The number of benzene rings is 2. The first kappa shape index (κ1) is 19.8. The van der Waals surface area contributed by atoms with Gasteiger partial charge in [-0.25, -0.2) is 0 Å². The van der Waals surface area contributed by atoms with Crippen LogP contribution in [0.15, 0.2) is 64.9 Å². The fourth-order valence-electron chi connectivity index (χ4n) is 2.18. The molecule has 0 unspecified atom stereocenters. The lowest BCUT2D eigenvalue weighted by Gasteiger charge is -2.08. The molecule has 27 heavy (non-hydrogen) atoms. The quantitative estimate of drug-likeness (QED) is 0.463. The van der Waals surface area contributed by atoms with Crippen LogP contribution in [0.1, 0.15) is 9.67 Å². The number of amides is 2. The summed E-state index contributed by atoms with van der Waals surface area (Å²) >= 11 is 14.6. The van der Waals surface area contributed by atoms with E-state index in [9.17, 15) is 9.59 Å². The monoisotopic (exact) mass is 436 g/mol. The van der Waals surface area contributed by atoms with Crippen LogP contribution in [0.4, 0.5) is 11.4 Å². The summed E-state index contributed by atoms with van der Waals surface area (Å²) in [7, 11) is 0. The molecule has 8 heteroatoms. The van der Waals surface area contributed by atoms with Crippen LogP contribution in [0.2, 0.25) is 10.0 Å². The Kier molecular flexibility index (Phi) is 6.79. The van der Waals surface area contributed by atoms with E-state index in [2.05, 4.69) is 10.6 Å². The third kappa shape index (κ3) is 5.74. The van der Waals surface area contributed by atoms with Crippen molar-refractivity contribution in [3.63, 3.8) is 0 Å². The van der Waals surface area contributed by atoms with E-state index in [1.165, 1.54) is 23.1 Å². The van der Waals surface area contributed by atoms with Gasteiger partial charge in [0.1, 0.15) is 0 Å². The largest absolute Gasteiger partial charge is 0.325 e. The molecule has 0 spiro atoms. The number of carbonyl (C=O) groups excluding carboxylic acids is 2. The summed E-state index contributed by atoms with van der Waals surface area (Å²) < 4.78 is 0. The Hall–Kier alpha value is -1.99. The summed E-state index contributed by atoms with van der Waals surface area (Å²) in [6.07, 6.45) is 0. The SMILES string of the molecule is O=C(CSc1cccc(NC(=O)c2cccs2)c1)Nc1ccc(Cl)c(Cl)c1. The average Bonchev–Trinajstić information content (AvgIpc) is 3.18. The normalized spacial score (nSPS) is 10.4. The number of rotatable bonds is 6. The van der Waals surface area contributed by atoms with E-state index in [-0.39, 0.29) is 17.6 Å². The zero-order chi connectivity index (χ0) is 19.2. The fraction of sp³-hybridized carbons (Fsp3) is 0.0526. The van der Waals surface area contributed by atoms with E-state index in [1.807, 2.05) is 35.7 Å². The molecular weight excluding hydrogens is 423 g/mol. The second-order valence-electron chi connectivity index (χ2n) is 5.42. The van der Waals surface area contributed by atoms with E-state index in [4.69, 9.17) is 23.2 Å². The molecule has 1 aromatic heterocycles. The van der Waals surface area contributed by atoms with Gasteiger partial charge in [0.2, 0.25) is 5.91 Å². The highest BCUT2D eigenvalue weighted by molar-refractivity contribution is 8.00. The van der Waals surface area contributed by atoms with E-state index < -0.39 is 0 Å². The van der Waals surface area contributed by atoms with Gasteiger partial charge in [0.05, 0.1) is 20.7 Å². The number of nitrogens with one attached hydrogen (secondary N) is 2. The highest BCUT2D eigenvalue weighted by Crippen LogP contribution is 2.26. The molecule has 0 saturated carbocycles. The zero-order valence-corrected chi connectivity index (χ0v) is 17.0. The molecule has 0 fully saturated rings. The maximum atomic E-state index is 12.1. The van der Waals surface area contributed by atoms with E-state index >= 15 is 0 Å². The van der Waals surface area contributed by atoms with Crippen molar-refractivity contribution < 1.29 is 9.59 Å². The molecule has 0 radical (unpaired) electrons. The summed E-state index contributed by atoms with van der Waals surface area (Å²) in [4.78, 5) is 25.8. The average molecular weight is 437 g/mol. The third-order valence-electron chi connectivity index (χ3n) is 3.41. The van der Waals surface area contributed by atoms with Crippen molar-refractivity contribution in [2.45, 2.75) is 4.90 Å². The predicted octanol–water partition coefficient (Wildman–Crippen LogP) is 6.04. The number of hydrogen-bond acceptors (Lipinski definition) is 4. The van der Waals surface area contributed by atoms with Crippen LogP contribution in [0.25, 0.3) is 0 Å². The van der Waals surface area contributed by atoms with Crippen molar-refractivity contribution in [3.8, 4) is 0 Å². The van der Waals surface area contributed by atoms with Crippen LogP contribution in [0, 0.1) is 0 Å². The molecule has 3 rings (SSSR count). The molecule has 3 aromatic rings. The van der Waals surface area contributed by atoms with Crippen LogP contribution >= 0.6 is 46.3 Å². The number of thiophene rings is 1. The second kappa shape index (κ2) is 9.28. The number of hydrogen-bond donors (Lipinski definition) is 2. The standard InChI is InChI=1S/C19H14Cl2N2O2S2/c20-15-7-6-13(10-16(15)21)22-18(24)11-27-14-4-1-3-12(9-14)23-19(25)17-5-2-8-26-17/h1-10H,11H2,(H,22,24)(H,23,25). The van der Waals surface area contributed by atoms with E-state index in [1.54, 1.807) is 24.3 Å². The van der Waals surface area contributed by atoms with E-state index in [0.29, 0.717) is 26.3 Å². The lowest BCUT2D eigenvalue weighted by Crippen LogP contribution is -2.14. The third-order valence-corrected chi connectivity index (χ3v) is 6.01. The molecular formula is C19H14Cl2N2O2S2. The highest BCUT2D eigenvalue weighted by atomic mass is 35.5. The van der Waals surface area contributed by atoms with Gasteiger partial charge in [0, 0.05) is 16.3 Å². The van der Waals surface area contributed by atoms with Gasteiger partial charge in [-0.3, -0.25) is 9.59 Å². The Morgan fingerprint density at radius 2 is 1.74 bits per heavy atom. The van der Waals surface area contributed by atoms with Gasteiger partial charge >= 0.3 is 0 Å². The van der Waals surface area contributed by atoms with Crippen LogP contribution in [-0.2, 0) is 4.79 Å². The van der Waals surface area contributed by atoms with E-state index in [0.717, 1.165) is 4.90 Å². The van der Waals surface area contributed by atoms with Crippen LogP contribution in [0.3, 0.4) is 0 Å². The molecule has 2 aromatic carbocycles. The minimum atomic E-state index is -0.161. The minimum absolute atomic E-state index is 0.149. The summed E-state index contributed by atoms with van der Waals surface area (Å²) in [5.41, 5.74) is 1.27. The fourth-order valence-corrected chi connectivity index (χ4v) is 3.86. The molecule has 0 aliphatic heterocycles. The molecule has 0 saturated heterocycles. The highest BCUT2D eigenvalue weighted by Gasteiger charge is 2.09. The van der Waals surface area contributed by atoms with Gasteiger partial charge in [-0.2, -0.15) is 0 Å². The van der Waals surface area contributed by atoms with Gasteiger partial charge in [0.15, 0.2) is 0 Å². The van der Waals surface area contributed by atoms with Crippen molar-refractivity contribution in [1.82, 2.24) is 0 Å². The van der Waals surface area contributed by atoms with Crippen LogP contribution < -0.4 is 10.6 Å². The molecule has 0 aliphatic carbocycles. The first-order valence-electron chi connectivity index (χ1n) is 7.84. The number of thioether (sulfide) groups is 1. The summed E-state index contributed by atoms with van der Waals surface area (Å²) in [5, 5.41) is 8.30. The summed E-state index contributed by atoms with van der Waals surface area (Å²) in [6.45, 7) is 0. The Morgan fingerprint density at radius 1 is 0.926 bits per heavy atom. The molecule has 138 valence electrons. The number of carbonyl (C=O) groups is 2. The Morgan fingerprint density at radius 3 is 2.48 bits per heavy atom. The van der Waals surface area contributed by atoms with Crippen molar-refractivity contribution in [3.05, 3.63) is 74.9 Å². The lowest BCUT2D eigenvalue weighted by atomic mass is 10.3. The van der Waals surface area contributed by atoms with Crippen molar-refractivity contribution in [2.75, 3.05) is 16.4 Å². The van der Waals surface area contributed by atoms with Crippen molar-refractivity contribution in [2.24, 2.45) is 0 Å². The van der Waals surface area contributed by atoms with Crippen molar-refractivity contribution in [1.29, 1.82) is 0 Å². The minimum Gasteiger partial charge on any atom is -0.325 e. The molecule has 4 nitrogen and oxygen atoms in total. The van der Waals surface area contributed by atoms with Crippen molar-refractivity contribution >= 4 is 69.5 Å². The first-order valence-corrected chi connectivity index (χ1v) is 10.5. The number of halogens is 2. The Balaban J connectivity index is 1.55. The van der Waals surface area contributed by atoms with Gasteiger partial charge < -0.3 is 10.6 Å². The topological polar surface area (TPSA) is 58.2 Å². The zero-order valence-electron chi connectivity index (χ0n) is 13.9. The Bertz CT molecular complexity index is 962. The number of anilines is 2. The molecule has 1 heterocycles. The van der Waals surface area contributed by atoms with Gasteiger partial charge in [0.25, 0.3) is 5.91 Å². The smallest absolute Gasteiger partial charge is 0.265 e. The molecule has 0 atom stereocenters.